The van der Waals surface area contributed by atoms with Crippen molar-refractivity contribution in [3.05, 3.63) is 0 Å². The largest absolute Gasteiger partial charge is 0.345 e. The third-order valence-corrected chi connectivity index (χ3v) is 6.86. The molecule has 0 aromatic heterocycles. The van der Waals surface area contributed by atoms with Crippen molar-refractivity contribution < 1.29 is 9.59 Å². The Bertz CT molecular complexity index is 520. The SMILES string of the molecule is CN1CCC2(CC1)CC(=O)N(C)C2.CN1CCC2(CC1)CN(C)C2=O. The first-order valence-electron chi connectivity index (χ1n) is 9.62. The second-order valence-electron chi connectivity index (χ2n) is 8.97. The highest BCUT2D eigenvalue weighted by Gasteiger charge is 2.50. The van der Waals surface area contributed by atoms with E-state index in [1.807, 2.05) is 23.9 Å². The minimum atomic E-state index is 0.0568. The lowest BCUT2D eigenvalue weighted by atomic mass is 9.71. The van der Waals surface area contributed by atoms with Crippen molar-refractivity contribution in [2.45, 2.75) is 32.1 Å². The minimum absolute atomic E-state index is 0.0568. The summed E-state index contributed by atoms with van der Waals surface area (Å²) in [7, 11) is 8.11. The Morgan fingerprint density at radius 1 is 0.720 bits per heavy atom. The molecule has 0 unspecified atom stereocenters. The zero-order chi connectivity index (χ0) is 18.2. The lowest BCUT2D eigenvalue weighted by Gasteiger charge is -2.50. The van der Waals surface area contributed by atoms with Gasteiger partial charge in [-0.05, 0) is 71.4 Å². The van der Waals surface area contributed by atoms with Gasteiger partial charge >= 0.3 is 0 Å². The molecule has 4 fully saturated rings. The molecule has 6 nitrogen and oxygen atoms in total. The molecule has 0 aromatic rings. The first-order valence-corrected chi connectivity index (χ1v) is 9.62. The predicted octanol–water partition coefficient (Wildman–Crippen LogP) is 0.731. The van der Waals surface area contributed by atoms with Gasteiger partial charge in [0.1, 0.15) is 0 Å². The fourth-order valence-electron chi connectivity index (χ4n) is 4.86. The van der Waals surface area contributed by atoms with E-state index in [0.717, 1.165) is 58.5 Å². The molecule has 4 aliphatic heterocycles. The van der Waals surface area contributed by atoms with Crippen LogP contribution in [0.25, 0.3) is 0 Å². The average molecular weight is 351 g/mol. The standard InChI is InChI=1S/C10H18N2O.C9H16N2O/c1-11-5-3-10(4-6-11)7-9(13)12(2)8-10;1-10-5-3-9(4-6-10)7-11(2)8(9)12/h3-8H2,1-2H3;3-7H2,1-2H3. The van der Waals surface area contributed by atoms with Crippen molar-refractivity contribution in [1.29, 1.82) is 0 Å². The number of carbonyl (C=O) groups excluding carboxylic acids is 2. The van der Waals surface area contributed by atoms with E-state index in [2.05, 4.69) is 23.9 Å². The number of carbonyl (C=O) groups is 2. The van der Waals surface area contributed by atoms with Gasteiger partial charge in [-0.25, -0.2) is 0 Å². The maximum absolute atomic E-state index is 11.6. The zero-order valence-electron chi connectivity index (χ0n) is 16.4. The Balaban J connectivity index is 0.000000146. The van der Waals surface area contributed by atoms with Crippen molar-refractivity contribution in [3.8, 4) is 0 Å². The Kier molecular flexibility index (Phi) is 5.13. The molecule has 0 N–H and O–H groups in total. The van der Waals surface area contributed by atoms with Crippen LogP contribution < -0.4 is 0 Å². The number of rotatable bonds is 0. The van der Waals surface area contributed by atoms with Gasteiger partial charge in [-0.2, -0.15) is 0 Å². The van der Waals surface area contributed by atoms with Gasteiger partial charge in [-0.15, -0.1) is 0 Å². The third-order valence-electron chi connectivity index (χ3n) is 6.86. The molecule has 4 aliphatic rings. The Morgan fingerprint density at radius 3 is 1.64 bits per heavy atom. The molecule has 0 saturated carbocycles. The van der Waals surface area contributed by atoms with Gasteiger partial charge < -0.3 is 19.6 Å². The third kappa shape index (κ3) is 3.70. The summed E-state index contributed by atoms with van der Waals surface area (Å²) >= 11 is 0. The summed E-state index contributed by atoms with van der Waals surface area (Å²) in [6.45, 7) is 6.45. The van der Waals surface area contributed by atoms with Crippen molar-refractivity contribution in [2.75, 3.05) is 67.5 Å². The van der Waals surface area contributed by atoms with E-state index in [9.17, 15) is 9.59 Å². The number of hydrogen-bond acceptors (Lipinski definition) is 4. The van der Waals surface area contributed by atoms with Crippen molar-refractivity contribution in [3.63, 3.8) is 0 Å². The summed E-state index contributed by atoms with van der Waals surface area (Å²) in [5, 5.41) is 0. The van der Waals surface area contributed by atoms with Gasteiger partial charge in [0.25, 0.3) is 0 Å². The van der Waals surface area contributed by atoms with Crippen molar-refractivity contribution in [1.82, 2.24) is 19.6 Å². The first-order chi connectivity index (χ1) is 11.8. The molecule has 4 rings (SSSR count). The van der Waals surface area contributed by atoms with Gasteiger partial charge in [-0.1, -0.05) is 0 Å². The number of nitrogens with zero attached hydrogens (tertiary/aromatic N) is 4. The van der Waals surface area contributed by atoms with E-state index < -0.39 is 0 Å². The fourth-order valence-corrected chi connectivity index (χ4v) is 4.86. The predicted molar refractivity (Wildman–Crippen MR) is 98.2 cm³/mol. The molecule has 0 radical (unpaired) electrons. The molecule has 0 bridgehead atoms. The summed E-state index contributed by atoms with van der Waals surface area (Å²) < 4.78 is 0. The van der Waals surface area contributed by atoms with Crippen LogP contribution in [0.15, 0.2) is 0 Å². The van der Waals surface area contributed by atoms with Crippen LogP contribution in [0.1, 0.15) is 32.1 Å². The summed E-state index contributed by atoms with van der Waals surface area (Å²) in [6, 6.07) is 0. The Labute approximate surface area is 152 Å². The molecule has 2 spiro atoms. The molecule has 0 atom stereocenters. The van der Waals surface area contributed by atoms with Crippen LogP contribution in [0.2, 0.25) is 0 Å². The van der Waals surface area contributed by atoms with Crippen LogP contribution in [-0.4, -0.2) is 98.9 Å². The van der Waals surface area contributed by atoms with Crippen LogP contribution in [-0.2, 0) is 9.59 Å². The van der Waals surface area contributed by atoms with Crippen molar-refractivity contribution >= 4 is 11.8 Å². The molecular formula is C19H34N4O2. The van der Waals surface area contributed by atoms with E-state index in [4.69, 9.17) is 0 Å². The number of amides is 2. The highest BCUT2D eigenvalue weighted by Crippen LogP contribution is 2.41. The lowest BCUT2D eigenvalue weighted by molar-refractivity contribution is -0.162. The highest BCUT2D eigenvalue weighted by atomic mass is 16.2. The van der Waals surface area contributed by atoms with Crippen LogP contribution in [0, 0.1) is 10.8 Å². The van der Waals surface area contributed by atoms with Gasteiger partial charge in [0, 0.05) is 33.6 Å². The van der Waals surface area contributed by atoms with Crippen LogP contribution in [0.5, 0.6) is 0 Å². The molecular weight excluding hydrogens is 316 g/mol. The van der Waals surface area contributed by atoms with Gasteiger partial charge in [0.05, 0.1) is 5.41 Å². The second-order valence-corrected chi connectivity index (χ2v) is 8.97. The lowest BCUT2D eigenvalue weighted by Crippen LogP contribution is -2.62. The molecule has 2 amide bonds. The second kappa shape index (κ2) is 6.88. The van der Waals surface area contributed by atoms with Gasteiger partial charge in [-0.3, -0.25) is 9.59 Å². The summed E-state index contributed by atoms with van der Waals surface area (Å²) in [5.41, 5.74) is 0.388. The van der Waals surface area contributed by atoms with Crippen LogP contribution >= 0.6 is 0 Å². The van der Waals surface area contributed by atoms with E-state index in [-0.39, 0.29) is 5.41 Å². The van der Waals surface area contributed by atoms with E-state index >= 15 is 0 Å². The van der Waals surface area contributed by atoms with E-state index in [1.54, 1.807) is 0 Å². The fraction of sp³-hybridized carbons (Fsp3) is 0.895. The molecule has 0 aromatic carbocycles. The van der Waals surface area contributed by atoms with Gasteiger partial charge in [0.2, 0.25) is 11.8 Å². The van der Waals surface area contributed by atoms with E-state index in [1.165, 1.54) is 12.8 Å². The maximum atomic E-state index is 11.6. The van der Waals surface area contributed by atoms with Crippen LogP contribution in [0.3, 0.4) is 0 Å². The average Bonchev–Trinajstić information content (AvgIpc) is 2.87. The summed E-state index contributed by atoms with van der Waals surface area (Å²) in [5.74, 6) is 0.708. The number of β-lactam (4-membered cyclic amide) rings is 1. The topological polar surface area (TPSA) is 47.1 Å². The number of hydrogen-bond donors (Lipinski definition) is 0. The van der Waals surface area contributed by atoms with Crippen LogP contribution in [0.4, 0.5) is 0 Å². The molecule has 4 heterocycles. The maximum Gasteiger partial charge on any atom is 0.230 e. The first kappa shape index (κ1) is 18.6. The summed E-state index contributed by atoms with van der Waals surface area (Å²) in [4.78, 5) is 31.4. The number of piperidine rings is 2. The summed E-state index contributed by atoms with van der Waals surface area (Å²) in [6.07, 6.45) is 5.30. The zero-order valence-corrected chi connectivity index (χ0v) is 16.4. The molecule has 6 heteroatoms. The quantitative estimate of drug-likeness (QED) is 0.605. The normalized spacial score (nSPS) is 29.0. The highest BCUT2D eigenvalue weighted by molar-refractivity contribution is 5.88. The molecule has 0 aliphatic carbocycles. The monoisotopic (exact) mass is 350 g/mol. The Hall–Kier alpha value is -1.14. The van der Waals surface area contributed by atoms with E-state index in [0.29, 0.717) is 17.2 Å². The van der Waals surface area contributed by atoms with Gasteiger partial charge in [0.15, 0.2) is 0 Å². The minimum Gasteiger partial charge on any atom is -0.345 e. The van der Waals surface area contributed by atoms with Crippen molar-refractivity contribution in [2.24, 2.45) is 10.8 Å². The number of likely N-dealkylation sites (tertiary alicyclic amines) is 4. The smallest absolute Gasteiger partial charge is 0.230 e. The Morgan fingerprint density at radius 2 is 1.24 bits per heavy atom. The molecule has 4 saturated heterocycles. The molecule has 142 valence electrons. The molecule has 25 heavy (non-hydrogen) atoms.